The average Bonchev–Trinajstić information content (AvgIpc) is 4.25. The molecule has 0 spiro atoms. The number of aliphatic hydroxyl groups is 13. The maximum atomic E-state index is 11.4. The second kappa shape index (κ2) is 23.1. The minimum Gasteiger partial charge on any atom is -0.479 e. The van der Waals surface area contributed by atoms with Crippen molar-refractivity contribution in [3.8, 4) is 0 Å². The lowest BCUT2D eigenvalue weighted by atomic mass is 9.97. The van der Waals surface area contributed by atoms with E-state index >= 15 is 0 Å². The molecule has 68 heavy (non-hydrogen) atoms. The number of carboxylic acids is 1. The molecule has 0 amide bonds. The third kappa shape index (κ3) is 11.9. The van der Waals surface area contributed by atoms with Crippen molar-refractivity contribution < 1.29 is 143 Å². The van der Waals surface area contributed by atoms with Gasteiger partial charge in [-0.1, -0.05) is 0 Å². The molecule has 30 nitrogen and oxygen atoms in total. The van der Waals surface area contributed by atoms with Gasteiger partial charge in [0.25, 0.3) is 0 Å². The molecule has 394 valence electrons. The number of hydrogen-bond donors (Lipinski definition) is 15. The molecule has 29 atom stereocenters. The van der Waals surface area contributed by atoms with Gasteiger partial charge in [0.2, 0.25) is 0 Å². The molecular weight excluding hydrogens is 934 g/mol. The first-order valence-corrected chi connectivity index (χ1v) is 22.0. The van der Waals surface area contributed by atoms with Gasteiger partial charge in [-0.05, 0) is 26.8 Å². The van der Waals surface area contributed by atoms with Gasteiger partial charge < -0.3 is 144 Å². The normalized spacial score (nSPS) is 50.3. The van der Waals surface area contributed by atoms with Crippen molar-refractivity contribution in [2.24, 2.45) is 5.73 Å². The molecule has 16 N–H and O–H groups in total. The zero-order chi connectivity index (χ0) is 49.5. The van der Waals surface area contributed by atoms with Crippen molar-refractivity contribution in [1.82, 2.24) is 0 Å². The number of carboxylic acid groups (broad SMARTS) is 1. The number of carbonyl (C=O) groups is 1. The standard InChI is InChI=1S/C38H63NO29/c1-9(58-35-22(49)19(46)26(11(6-40)62-35)65-36-23(50)20(47)30-38(67-30)68-36)25-37(64-25)60-10(2)59-27-15(42)13(63-34(24(27)51)55-5-3-4-39)7-56-29-17(44)14(41)12(61-32(29)54)8-57-33-21(48)16(43)18(45)28(66-33)31(52)53/h9-30,32-38,40-51,54H,3-8,39H2,1-2H3,(H,52,53)/t9?,10-,11?,12?,13?,14-,15+,16?,17?,18+,19?,20?,21?,22?,23+,24+,25-,26-,27?,28?,29+,30-,32+,33+,34-,35-,36+,37?,38?/m1/s1. The molecule has 0 radical (unpaired) electrons. The van der Waals surface area contributed by atoms with Crippen molar-refractivity contribution in [2.45, 2.75) is 199 Å². The minimum atomic E-state index is -2.00. The van der Waals surface area contributed by atoms with E-state index in [1.807, 2.05) is 0 Å². The van der Waals surface area contributed by atoms with Gasteiger partial charge in [0.05, 0.1) is 32.5 Å². The molecule has 0 saturated carbocycles. The summed E-state index contributed by atoms with van der Waals surface area (Å²) in [6.07, 6.45) is -43.8. The van der Waals surface area contributed by atoms with Crippen LogP contribution in [-0.4, -0.2) is 289 Å². The number of ether oxygens (including phenoxy) is 14. The highest BCUT2D eigenvalue weighted by Crippen LogP contribution is 2.39. The maximum absolute atomic E-state index is 11.4. The van der Waals surface area contributed by atoms with Crippen LogP contribution in [0.4, 0.5) is 0 Å². The van der Waals surface area contributed by atoms with E-state index in [0.29, 0.717) is 6.42 Å². The summed E-state index contributed by atoms with van der Waals surface area (Å²) in [7, 11) is 0. The van der Waals surface area contributed by atoms with E-state index in [1.165, 1.54) is 13.8 Å². The molecule has 0 aromatic carbocycles. The number of epoxide rings is 2. The lowest BCUT2D eigenvalue weighted by molar-refractivity contribution is -0.348. The Morgan fingerprint density at radius 3 is 1.87 bits per heavy atom. The lowest BCUT2D eigenvalue weighted by Crippen LogP contribution is -2.63. The number of rotatable bonds is 21. The van der Waals surface area contributed by atoms with Crippen molar-refractivity contribution in [2.75, 3.05) is 33.0 Å². The number of fused-ring (bicyclic) bond motifs is 1. The van der Waals surface area contributed by atoms with E-state index in [0.717, 1.165) is 0 Å². The highest BCUT2D eigenvalue weighted by Gasteiger charge is 2.59. The van der Waals surface area contributed by atoms with Crippen LogP contribution in [0, 0.1) is 0 Å². The van der Waals surface area contributed by atoms with Crippen LogP contribution in [0.25, 0.3) is 0 Å². The molecule has 0 aromatic rings. The summed E-state index contributed by atoms with van der Waals surface area (Å²) in [4.78, 5) is 11.4. The zero-order valence-corrected chi connectivity index (χ0v) is 36.4. The van der Waals surface area contributed by atoms with E-state index < -0.39 is 204 Å². The van der Waals surface area contributed by atoms with Crippen LogP contribution in [0.15, 0.2) is 0 Å². The van der Waals surface area contributed by atoms with Crippen LogP contribution in [0.2, 0.25) is 0 Å². The fourth-order valence-corrected chi connectivity index (χ4v) is 8.36. The number of aliphatic hydroxyl groups excluding tert-OH is 13. The lowest BCUT2D eigenvalue weighted by Gasteiger charge is -2.44. The highest BCUT2D eigenvalue weighted by atomic mass is 16.9. The van der Waals surface area contributed by atoms with Gasteiger partial charge in [-0.3, -0.25) is 0 Å². The Kier molecular flexibility index (Phi) is 18.3. The SMILES string of the molecule is CC(O[C@@H]1OC(CO)[C@@H](O[C@H]2OC3O[C@@H]3C(O)[C@@H]2O)C(O)C1O)[C@H]1OC1O[C@H](C)OC1[C@@H](O)C(CO[C@H]2C(O)[C@H](O)C(CO[C@H]3OC(C(=O)O)[C@@H](O)C(O)C3O)O[C@@H]2O)O[C@@H](OCCCN)[C@H]1O. The number of nitrogens with two attached hydrogens (primary N) is 1. The smallest absolute Gasteiger partial charge is 0.335 e. The largest absolute Gasteiger partial charge is 0.479 e. The van der Waals surface area contributed by atoms with E-state index in [2.05, 4.69) is 0 Å². The van der Waals surface area contributed by atoms with Crippen LogP contribution in [0.3, 0.4) is 0 Å². The Labute approximate surface area is 385 Å². The molecule has 7 fully saturated rings. The Hall–Kier alpha value is -1.65. The fraction of sp³-hybridized carbons (Fsp3) is 0.974. The molecule has 7 heterocycles. The summed E-state index contributed by atoms with van der Waals surface area (Å²) in [5.41, 5.74) is 5.58. The maximum Gasteiger partial charge on any atom is 0.335 e. The summed E-state index contributed by atoms with van der Waals surface area (Å²) < 4.78 is 77.8. The summed E-state index contributed by atoms with van der Waals surface area (Å²) in [5, 5.41) is 147. The second-order valence-electron chi connectivity index (χ2n) is 17.3. The third-order valence-corrected chi connectivity index (χ3v) is 12.4. The van der Waals surface area contributed by atoms with Crippen LogP contribution in [0.5, 0.6) is 0 Å². The van der Waals surface area contributed by atoms with E-state index in [1.54, 1.807) is 0 Å². The Morgan fingerprint density at radius 2 is 1.18 bits per heavy atom. The summed E-state index contributed by atoms with van der Waals surface area (Å²) >= 11 is 0. The Morgan fingerprint density at radius 1 is 0.544 bits per heavy atom. The molecule has 7 saturated heterocycles. The molecule has 7 aliphatic heterocycles. The molecule has 0 bridgehead atoms. The first-order valence-electron chi connectivity index (χ1n) is 22.0. The molecule has 0 aliphatic carbocycles. The monoisotopic (exact) mass is 997 g/mol. The predicted molar refractivity (Wildman–Crippen MR) is 206 cm³/mol. The molecule has 30 heteroatoms. The topological polar surface area (TPSA) is 462 Å². The first-order chi connectivity index (χ1) is 32.2. The zero-order valence-electron chi connectivity index (χ0n) is 36.4. The van der Waals surface area contributed by atoms with Gasteiger partial charge in [-0.25, -0.2) is 4.79 Å². The quantitative estimate of drug-likeness (QED) is 0.0288. The Balaban J connectivity index is 0.893. The van der Waals surface area contributed by atoms with Crippen molar-refractivity contribution in [3.05, 3.63) is 0 Å². The van der Waals surface area contributed by atoms with Crippen molar-refractivity contribution in [1.29, 1.82) is 0 Å². The summed E-state index contributed by atoms with van der Waals surface area (Å²) in [6, 6.07) is 0. The molecule has 14 unspecified atom stereocenters. The summed E-state index contributed by atoms with van der Waals surface area (Å²) in [5.74, 6) is -1.67. The minimum absolute atomic E-state index is 0.000714. The summed E-state index contributed by atoms with van der Waals surface area (Å²) in [6.45, 7) is 1.06. The fourth-order valence-electron chi connectivity index (χ4n) is 8.36. The predicted octanol–water partition coefficient (Wildman–Crippen LogP) is -9.96. The van der Waals surface area contributed by atoms with E-state index in [-0.39, 0.29) is 13.2 Å². The number of aliphatic carboxylic acids is 1. The highest BCUT2D eigenvalue weighted by molar-refractivity contribution is 5.73. The van der Waals surface area contributed by atoms with Crippen LogP contribution in [0.1, 0.15) is 20.3 Å². The average molecular weight is 998 g/mol. The molecule has 0 aromatic heterocycles. The van der Waals surface area contributed by atoms with E-state index in [9.17, 15) is 76.3 Å². The second-order valence-corrected chi connectivity index (χ2v) is 17.3. The first kappa shape index (κ1) is 54.1. The van der Waals surface area contributed by atoms with Gasteiger partial charge in [-0.2, -0.15) is 0 Å². The van der Waals surface area contributed by atoms with E-state index in [4.69, 9.17) is 72.0 Å². The van der Waals surface area contributed by atoms with Gasteiger partial charge in [0.1, 0.15) is 116 Å². The van der Waals surface area contributed by atoms with Gasteiger partial charge in [0.15, 0.2) is 56.4 Å². The van der Waals surface area contributed by atoms with Crippen LogP contribution in [-0.2, 0) is 71.1 Å². The van der Waals surface area contributed by atoms with Gasteiger partial charge in [0, 0.05) is 0 Å². The third-order valence-electron chi connectivity index (χ3n) is 12.4. The molecule has 7 rings (SSSR count). The van der Waals surface area contributed by atoms with Gasteiger partial charge >= 0.3 is 5.97 Å². The van der Waals surface area contributed by atoms with Crippen molar-refractivity contribution in [3.63, 3.8) is 0 Å². The van der Waals surface area contributed by atoms with Crippen LogP contribution >= 0.6 is 0 Å². The van der Waals surface area contributed by atoms with Crippen molar-refractivity contribution >= 4 is 5.97 Å². The van der Waals surface area contributed by atoms with Crippen LogP contribution < -0.4 is 5.73 Å². The number of hydrogen-bond acceptors (Lipinski definition) is 29. The Bertz CT molecular complexity index is 1610. The molecule has 7 aliphatic rings. The molecular formula is C38H63NO29. The van der Waals surface area contributed by atoms with Gasteiger partial charge in [-0.15, -0.1) is 0 Å².